The standard InChI is InChI=1S/C24H18Cl2N4O4/c1-13(27-23(32)15-7-4-8-17(25)21(15)26)22(31)29-30-24(33)16-12-19(20-10-5-11-34-20)28-18-9-3-2-6-14(16)18/h2-13H,1H3,(H,27,32)(H,29,31)(H,30,33). The van der Waals surface area contributed by atoms with Gasteiger partial charge in [0.2, 0.25) is 0 Å². The molecule has 3 amide bonds. The molecule has 3 N–H and O–H groups in total. The zero-order valence-corrected chi connectivity index (χ0v) is 19.3. The number of hydrogen-bond acceptors (Lipinski definition) is 5. The number of para-hydroxylation sites is 1. The van der Waals surface area contributed by atoms with Crippen LogP contribution in [0.5, 0.6) is 0 Å². The number of hydrazine groups is 1. The Morgan fingerprint density at radius 1 is 0.912 bits per heavy atom. The molecule has 0 spiro atoms. The second kappa shape index (κ2) is 9.94. The van der Waals surface area contributed by atoms with Crippen molar-refractivity contribution < 1.29 is 18.8 Å². The van der Waals surface area contributed by atoms with Crippen LogP contribution in [0.4, 0.5) is 0 Å². The number of furan rings is 1. The third-order valence-corrected chi connectivity index (χ3v) is 5.79. The molecule has 4 rings (SSSR count). The maximum Gasteiger partial charge on any atom is 0.270 e. The number of carbonyl (C=O) groups excluding carboxylic acids is 3. The molecule has 1 unspecified atom stereocenters. The number of halogens is 2. The van der Waals surface area contributed by atoms with Gasteiger partial charge in [-0.2, -0.15) is 0 Å². The largest absolute Gasteiger partial charge is 0.463 e. The number of benzene rings is 2. The van der Waals surface area contributed by atoms with Gasteiger partial charge in [-0.1, -0.05) is 47.5 Å². The lowest BCUT2D eigenvalue weighted by atomic mass is 10.1. The Morgan fingerprint density at radius 2 is 1.71 bits per heavy atom. The summed E-state index contributed by atoms with van der Waals surface area (Å²) in [6, 6.07) is 15.8. The van der Waals surface area contributed by atoms with Gasteiger partial charge in [0.25, 0.3) is 17.7 Å². The molecule has 0 saturated heterocycles. The van der Waals surface area contributed by atoms with Gasteiger partial charge in [0.15, 0.2) is 5.76 Å². The van der Waals surface area contributed by atoms with Crippen molar-refractivity contribution in [1.29, 1.82) is 0 Å². The summed E-state index contributed by atoms with van der Waals surface area (Å²) in [6.07, 6.45) is 1.51. The van der Waals surface area contributed by atoms with Gasteiger partial charge in [0, 0.05) is 5.39 Å². The first-order valence-electron chi connectivity index (χ1n) is 10.1. The van der Waals surface area contributed by atoms with Crippen LogP contribution in [0.2, 0.25) is 10.0 Å². The fraction of sp³-hybridized carbons (Fsp3) is 0.0833. The first kappa shape index (κ1) is 23.3. The summed E-state index contributed by atoms with van der Waals surface area (Å²) in [4.78, 5) is 42.4. The van der Waals surface area contributed by atoms with E-state index in [2.05, 4.69) is 21.2 Å². The number of nitrogens with zero attached hydrogens (tertiary/aromatic N) is 1. The quantitative estimate of drug-likeness (QED) is 0.354. The van der Waals surface area contributed by atoms with E-state index in [1.165, 1.54) is 19.3 Å². The van der Waals surface area contributed by atoms with Crippen LogP contribution in [0, 0.1) is 0 Å². The fourth-order valence-electron chi connectivity index (χ4n) is 3.23. The van der Waals surface area contributed by atoms with Crippen LogP contribution in [0.3, 0.4) is 0 Å². The normalized spacial score (nSPS) is 11.6. The molecule has 0 aliphatic heterocycles. The van der Waals surface area contributed by atoms with E-state index in [4.69, 9.17) is 27.6 Å². The Morgan fingerprint density at radius 3 is 2.47 bits per heavy atom. The molecule has 0 radical (unpaired) electrons. The third-order valence-electron chi connectivity index (χ3n) is 4.97. The van der Waals surface area contributed by atoms with Gasteiger partial charge in [-0.3, -0.25) is 25.2 Å². The summed E-state index contributed by atoms with van der Waals surface area (Å²) >= 11 is 12.0. The van der Waals surface area contributed by atoms with Gasteiger partial charge in [-0.05, 0) is 43.3 Å². The molecule has 4 aromatic rings. The second-order valence-electron chi connectivity index (χ2n) is 7.29. The van der Waals surface area contributed by atoms with Crippen molar-refractivity contribution in [1.82, 2.24) is 21.2 Å². The number of nitrogens with one attached hydrogen (secondary N) is 3. The van der Waals surface area contributed by atoms with Crippen LogP contribution in [-0.4, -0.2) is 28.7 Å². The van der Waals surface area contributed by atoms with Crippen molar-refractivity contribution >= 4 is 51.8 Å². The monoisotopic (exact) mass is 496 g/mol. The summed E-state index contributed by atoms with van der Waals surface area (Å²) in [5.74, 6) is -1.27. The number of pyridine rings is 1. The van der Waals surface area contributed by atoms with E-state index < -0.39 is 23.8 Å². The molecule has 2 aromatic heterocycles. The predicted octanol–water partition coefficient (Wildman–Crippen LogP) is 4.38. The predicted molar refractivity (Wildman–Crippen MR) is 128 cm³/mol. The molecule has 10 heteroatoms. The lowest BCUT2D eigenvalue weighted by Gasteiger charge is -2.16. The smallest absolute Gasteiger partial charge is 0.270 e. The first-order valence-corrected chi connectivity index (χ1v) is 10.9. The average Bonchev–Trinajstić information content (AvgIpc) is 3.38. The lowest BCUT2D eigenvalue weighted by molar-refractivity contribution is -0.123. The minimum atomic E-state index is -0.976. The van der Waals surface area contributed by atoms with E-state index in [1.54, 1.807) is 54.6 Å². The van der Waals surface area contributed by atoms with Gasteiger partial charge in [-0.15, -0.1) is 0 Å². The highest BCUT2D eigenvalue weighted by Crippen LogP contribution is 2.26. The van der Waals surface area contributed by atoms with Gasteiger partial charge in [0.1, 0.15) is 11.7 Å². The minimum absolute atomic E-state index is 0.0829. The zero-order valence-electron chi connectivity index (χ0n) is 17.8. The molecule has 0 bridgehead atoms. The molecule has 0 fully saturated rings. The summed E-state index contributed by atoms with van der Waals surface area (Å²) in [7, 11) is 0. The van der Waals surface area contributed by atoms with Crippen LogP contribution in [0.1, 0.15) is 27.6 Å². The van der Waals surface area contributed by atoms with Crippen LogP contribution < -0.4 is 16.2 Å². The number of carbonyl (C=O) groups is 3. The minimum Gasteiger partial charge on any atom is -0.463 e. The molecule has 2 heterocycles. The number of fused-ring (bicyclic) bond motifs is 1. The van der Waals surface area contributed by atoms with E-state index in [-0.39, 0.29) is 15.6 Å². The third kappa shape index (κ3) is 4.88. The second-order valence-corrected chi connectivity index (χ2v) is 8.07. The Bertz CT molecular complexity index is 1390. The highest BCUT2D eigenvalue weighted by Gasteiger charge is 2.21. The first-order chi connectivity index (χ1) is 16.3. The Balaban J connectivity index is 1.46. The van der Waals surface area contributed by atoms with Crippen LogP contribution in [0.25, 0.3) is 22.4 Å². The van der Waals surface area contributed by atoms with E-state index in [9.17, 15) is 14.4 Å². The van der Waals surface area contributed by atoms with E-state index in [0.717, 1.165) is 0 Å². The van der Waals surface area contributed by atoms with Crippen molar-refractivity contribution in [3.8, 4) is 11.5 Å². The topological polar surface area (TPSA) is 113 Å². The molecule has 2 aromatic carbocycles. The summed E-state index contributed by atoms with van der Waals surface area (Å²) in [6.45, 7) is 1.47. The van der Waals surface area contributed by atoms with Gasteiger partial charge >= 0.3 is 0 Å². The molecular weight excluding hydrogens is 479 g/mol. The van der Waals surface area contributed by atoms with Crippen molar-refractivity contribution in [2.45, 2.75) is 13.0 Å². The van der Waals surface area contributed by atoms with E-state index >= 15 is 0 Å². The molecule has 1 atom stereocenters. The fourth-order valence-corrected chi connectivity index (χ4v) is 3.61. The highest BCUT2D eigenvalue weighted by atomic mass is 35.5. The van der Waals surface area contributed by atoms with E-state index in [0.29, 0.717) is 27.9 Å². The van der Waals surface area contributed by atoms with Crippen LogP contribution >= 0.6 is 23.2 Å². The maximum absolute atomic E-state index is 12.9. The molecule has 172 valence electrons. The maximum atomic E-state index is 12.9. The van der Waals surface area contributed by atoms with Gasteiger partial charge < -0.3 is 9.73 Å². The van der Waals surface area contributed by atoms with Crippen molar-refractivity contribution in [3.05, 3.63) is 88.1 Å². The van der Waals surface area contributed by atoms with Crippen molar-refractivity contribution in [2.75, 3.05) is 0 Å². The zero-order chi connectivity index (χ0) is 24.2. The molecule has 34 heavy (non-hydrogen) atoms. The molecule has 0 saturated carbocycles. The Hall–Kier alpha value is -3.88. The van der Waals surface area contributed by atoms with Gasteiger partial charge in [0.05, 0.1) is 33.0 Å². The number of amides is 3. The number of aromatic nitrogens is 1. The van der Waals surface area contributed by atoms with Crippen molar-refractivity contribution in [2.24, 2.45) is 0 Å². The number of rotatable bonds is 5. The summed E-state index contributed by atoms with van der Waals surface area (Å²) < 4.78 is 5.40. The SMILES string of the molecule is CC(NC(=O)c1cccc(Cl)c1Cl)C(=O)NNC(=O)c1cc(-c2ccco2)nc2ccccc12. The summed E-state index contributed by atoms with van der Waals surface area (Å²) in [5.41, 5.74) is 6.19. The average molecular weight is 497 g/mol. The molecular formula is C24H18Cl2N4O4. The Kier molecular flexibility index (Phi) is 6.81. The lowest BCUT2D eigenvalue weighted by Crippen LogP contribution is -2.51. The highest BCUT2D eigenvalue weighted by molar-refractivity contribution is 6.43. The molecule has 8 nitrogen and oxygen atoms in total. The Labute approximate surface area is 204 Å². The van der Waals surface area contributed by atoms with Gasteiger partial charge in [-0.25, -0.2) is 4.98 Å². The summed E-state index contributed by atoms with van der Waals surface area (Å²) in [5, 5.41) is 3.42. The molecule has 0 aliphatic carbocycles. The van der Waals surface area contributed by atoms with E-state index in [1.807, 2.05) is 0 Å². The van der Waals surface area contributed by atoms with Crippen molar-refractivity contribution in [3.63, 3.8) is 0 Å². The molecule has 0 aliphatic rings. The van der Waals surface area contributed by atoms with Crippen LogP contribution in [-0.2, 0) is 4.79 Å². The van der Waals surface area contributed by atoms with Crippen LogP contribution in [0.15, 0.2) is 71.3 Å². The number of hydrogen-bond donors (Lipinski definition) is 3.